The molecule has 0 fully saturated rings. The summed E-state index contributed by atoms with van der Waals surface area (Å²) in [7, 11) is 0. The molecule has 4 nitrogen and oxygen atoms in total. The first-order valence-corrected chi connectivity index (χ1v) is 4.48. The maximum atomic E-state index is 11.0. The fourth-order valence-corrected chi connectivity index (χ4v) is 1.56. The highest BCUT2D eigenvalue weighted by Gasteiger charge is 2.19. The minimum atomic E-state index is -0.0429. The number of hydrogen-bond acceptors (Lipinski definition) is 3. The van der Waals surface area contributed by atoms with E-state index in [0.29, 0.717) is 17.0 Å². The number of nitrogens with zero attached hydrogens (tertiary/aromatic N) is 1. The van der Waals surface area contributed by atoms with Gasteiger partial charge in [-0.3, -0.25) is 0 Å². The van der Waals surface area contributed by atoms with Gasteiger partial charge in [0.2, 0.25) is 5.69 Å². The molecule has 2 rings (SSSR count). The lowest BCUT2D eigenvalue weighted by atomic mass is 10.0. The van der Waals surface area contributed by atoms with E-state index in [0.717, 1.165) is 17.7 Å². The first-order valence-electron chi connectivity index (χ1n) is 4.48. The third kappa shape index (κ3) is 1.44. The van der Waals surface area contributed by atoms with Crippen LogP contribution in [0.25, 0.3) is 0 Å². The third-order valence-electron chi connectivity index (χ3n) is 2.37. The minimum absolute atomic E-state index is 0.0429. The van der Waals surface area contributed by atoms with Crippen molar-refractivity contribution in [3.63, 3.8) is 0 Å². The molecule has 1 unspecified atom stereocenters. The Bertz CT molecular complexity index is 376. The molecule has 1 atom stereocenters. The summed E-state index contributed by atoms with van der Waals surface area (Å²) in [5.41, 5.74) is 7.29. The topological polar surface area (TPSA) is 61.3 Å². The summed E-state index contributed by atoms with van der Waals surface area (Å²) in [6, 6.07) is 5.13. The van der Waals surface area contributed by atoms with Crippen LogP contribution < -0.4 is 10.5 Å². The number of hydrogen-bond donors (Lipinski definition) is 1. The molecular formula is C10H12N2O2. The molecule has 0 saturated heterocycles. The average Bonchev–Trinajstić information content (AvgIpc) is 2.18. The molecule has 1 aromatic carbocycles. The summed E-state index contributed by atoms with van der Waals surface area (Å²) in [5.74, 6) is 0.773. The Labute approximate surface area is 82.2 Å². The van der Waals surface area contributed by atoms with Gasteiger partial charge in [-0.05, 0) is 6.07 Å². The van der Waals surface area contributed by atoms with E-state index >= 15 is 0 Å². The molecule has 0 aromatic heterocycles. The molecule has 0 bridgehead atoms. The van der Waals surface area contributed by atoms with E-state index in [-0.39, 0.29) is 6.04 Å². The van der Waals surface area contributed by atoms with Crippen molar-refractivity contribution in [3.8, 4) is 5.75 Å². The van der Waals surface area contributed by atoms with E-state index in [1.54, 1.807) is 18.2 Å². The van der Waals surface area contributed by atoms with Gasteiger partial charge in [-0.2, -0.15) is 4.74 Å². The van der Waals surface area contributed by atoms with Crippen LogP contribution in [0.5, 0.6) is 5.75 Å². The van der Waals surface area contributed by atoms with Crippen LogP contribution in [-0.4, -0.2) is 18.1 Å². The zero-order chi connectivity index (χ0) is 10.1. The van der Waals surface area contributed by atoms with Crippen LogP contribution in [0.2, 0.25) is 0 Å². The predicted molar refractivity (Wildman–Crippen MR) is 53.9 cm³/mol. The molecule has 74 valence electrons. The number of benzene rings is 1. The van der Waals surface area contributed by atoms with Crippen molar-refractivity contribution in [1.29, 1.82) is 0 Å². The van der Waals surface area contributed by atoms with Crippen LogP contribution in [0.4, 0.5) is 5.69 Å². The lowest BCUT2D eigenvalue weighted by Gasteiger charge is -2.22. The van der Waals surface area contributed by atoms with Gasteiger partial charge in [0.15, 0.2) is 0 Å². The van der Waals surface area contributed by atoms with Crippen molar-refractivity contribution in [2.75, 3.05) is 6.61 Å². The van der Waals surface area contributed by atoms with E-state index < -0.39 is 0 Å². The van der Waals surface area contributed by atoms with Gasteiger partial charge in [0.1, 0.15) is 12.5 Å². The summed E-state index contributed by atoms with van der Waals surface area (Å²) >= 11 is 0. The fourth-order valence-electron chi connectivity index (χ4n) is 1.56. The van der Waals surface area contributed by atoms with Gasteiger partial charge in [0.25, 0.3) is 0 Å². The van der Waals surface area contributed by atoms with Gasteiger partial charge >= 0.3 is 0 Å². The standard InChI is InChI=1S/C10H12N2O2/c1-12(13)7-2-3-10-8(6-7)9(11)4-5-14-10/h2-3,6,9H,1,4-5,11H2. The summed E-state index contributed by atoms with van der Waals surface area (Å²) in [4.78, 5) is 0. The molecule has 2 N–H and O–H groups in total. The molecule has 1 aliphatic rings. The van der Waals surface area contributed by atoms with E-state index in [9.17, 15) is 5.21 Å². The zero-order valence-corrected chi connectivity index (χ0v) is 7.77. The van der Waals surface area contributed by atoms with Gasteiger partial charge < -0.3 is 15.7 Å². The van der Waals surface area contributed by atoms with Crippen LogP contribution >= 0.6 is 0 Å². The smallest absolute Gasteiger partial charge is 0.216 e. The fraction of sp³-hybridized carbons (Fsp3) is 0.300. The van der Waals surface area contributed by atoms with Crippen molar-refractivity contribution < 1.29 is 9.48 Å². The summed E-state index contributed by atoms with van der Waals surface area (Å²) in [6.07, 6.45) is 0.784. The Morgan fingerprint density at radius 2 is 2.36 bits per heavy atom. The maximum Gasteiger partial charge on any atom is 0.216 e. The van der Waals surface area contributed by atoms with Crippen molar-refractivity contribution in [2.45, 2.75) is 12.5 Å². The summed E-state index contributed by atoms with van der Waals surface area (Å²) in [6.45, 7) is 3.92. The Balaban J connectivity index is 2.45. The molecule has 0 amide bonds. The highest BCUT2D eigenvalue weighted by Crippen LogP contribution is 2.32. The van der Waals surface area contributed by atoms with Gasteiger partial charge in [-0.25, -0.2) is 0 Å². The quantitative estimate of drug-likeness (QED) is 0.316. The molecule has 0 saturated carbocycles. The molecule has 1 aromatic rings. The monoisotopic (exact) mass is 192 g/mol. The molecule has 0 radical (unpaired) electrons. The third-order valence-corrected chi connectivity index (χ3v) is 2.37. The Morgan fingerprint density at radius 1 is 1.57 bits per heavy atom. The van der Waals surface area contributed by atoms with Crippen molar-refractivity contribution >= 4 is 12.4 Å². The predicted octanol–water partition coefficient (Wildman–Crippen LogP) is 1.31. The van der Waals surface area contributed by atoms with Crippen molar-refractivity contribution in [3.05, 3.63) is 29.0 Å². The SMILES string of the molecule is C=[N+]([O-])c1ccc2c(c1)C(N)CCO2. The molecule has 1 heterocycles. The normalized spacial score (nSPS) is 19.6. The van der Waals surface area contributed by atoms with Crippen molar-refractivity contribution in [1.82, 2.24) is 0 Å². The second kappa shape index (κ2) is 3.31. The maximum absolute atomic E-state index is 11.0. The molecule has 0 aliphatic carbocycles. The average molecular weight is 192 g/mol. The summed E-state index contributed by atoms with van der Waals surface area (Å²) in [5, 5.41) is 11.0. The number of ether oxygens (including phenoxy) is 1. The highest BCUT2D eigenvalue weighted by molar-refractivity contribution is 5.47. The van der Waals surface area contributed by atoms with E-state index in [2.05, 4.69) is 6.72 Å². The Kier molecular flexibility index (Phi) is 2.13. The van der Waals surface area contributed by atoms with Crippen molar-refractivity contribution in [2.24, 2.45) is 5.73 Å². The van der Waals surface area contributed by atoms with Crippen LogP contribution in [0.3, 0.4) is 0 Å². The minimum Gasteiger partial charge on any atom is -0.619 e. The van der Waals surface area contributed by atoms with Crippen LogP contribution in [0.1, 0.15) is 18.0 Å². The number of rotatable bonds is 1. The zero-order valence-electron chi connectivity index (χ0n) is 7.77. The first-order chi connectivity index (χ1) is 6.68. The molecule has 1 aliphatic heterocycles. The van der Waals surface area contributed by atoms with Gasteiger partial charge in [0, 0.05) is 30.2 Å². The number of fused-ring (bicyclic) bond motifs is 1. The van der Waals surface area contributed by atoms with E-state index in [1.165, 1.54) is 0 Å². The van der Waals surface area contributed by atoms with Crippen LogP contribution in [-0.2, 0) is 0 Å². The van der Waals surface area contributed by atoms with E-state index in [1.807, 2.05) is 0 Å². The van der Waals surface area contributed by atoms with E-state index in [4.69, 9.17) is 10.5 Å². The largest absolute Gasteiger partial charge is 0.619 e. The van der Waals surface area contributed by atoms with Gasteiger partial charge in [-0.1, -0.05) is 0 Å². The Morgan fingerprint density at radius 3 is 3.07 bits per heavy atom. The first kappa shape index (κ1) is 9.02. The van der Waals surface area contributed by atoms with Gasteiger partial charge in [-0.15, -0.1) is 0 Å². The number of nitrogens with two attached hydrogens (primary N) is 1. The van der Waals surface area contributed by atoms with Gasteiger partial charge in [0.05, 0.1) is 6.61 Å². The lowest BCUT2D eigenvalue weighted by Crippen LogP contribution is -2.20. The molecule has 14 heavy (non-hydrogen) atoms. The van der Waals surface area contributed by atoms with Crippen LogP contribution in [0, 0.1) is 5.21 Å². The second-order valence-corrected chi connectivity index (χ2v) is 3.34. The Hall–Kier alpha value is -1.55. The molecular weight excluding hydrogens is 180 g/mol. The second-order valence-electron chi connectivity index (χ2n) is 3.34. The van der Waals surface area contributed by atoms with Crippen LogP contribution in [0.15, 0.2) is 18.2 Å². The lowest BCUT2D eigenvalue weighted by molar-refractivity contribution is -0.350. The molecule has 4 heteroatoms. The highest BCUT2D eigenvalue weighted by atomic mass is 16.5. The molecule has 0 spiro atoms. The summed E-state index contributed by atoms with van der Waals surface area (Å²) < 4.78 is 5.98.